The Labute approximate surface area is 205 Å². The van der Waals surface area contributed by atoms with Crippen molar-refractivity contribution in [2.75, 3.05) is 10.6 Å². The zero-order chi connectivity index (χ0) is 26.1. The molecule has 186 valence electrons. The van der Waals surface area contributed by atoms with E-state index in [0.717, 1.165) is 6.07 Å². The Morgan fingerprint density at radius 2 is 1.78 bits per heavy atom. The van der Waals surface area contributed by atoms with Crippen molar-refractivity contribution in [2.45, 2.75) is 32.4 Å². The quantitative estimate of drug-likeness (QED) is 0.375. The minimum atomic E-state index is -4.83. The molecule has 0 saturated heterocycles. The summed E-state index contributed by atoms with van der Waals surface area (Å²) in [7, 11) is 1.61. The van der Waals surface area contributed by atoms with Crippen LogP contribution in [0.25, 0.3) is 11.3 Å². The molecule has 0 bridgehead atoms. The SMILES string of the molecule is Cn1nc(C(C)(C)C)cc1NC(=O)c1cccc(Nc2ncccc2-c2ccncn2)c1C(F)(F)F. The Morgan fingerprint density at radius 1 is 1.00 bits per heavy atom. The van der Waals surface area contributed by atoms with E-state index in [1.54, 1.807) is 31.3 Å². The van der Waals surface area contributed by atoms with Crippen LogP contribution >= 0.6 is 0 Å². The van der Waals surface area contributed by atoms with E-state index in [2.05, 4.69) is 30.7 Å². The van der Waals surface area contributed by atoms with Crippen LogP contribution in [-0.2, 0) is 18.6 Å². The molecule has 36 heavy (non-hydrogen) atoms. The number of carbonyl (C=O) groups is 1. The lowest BCUT2D eigenvalue weighted by atomic mass is 9.92. The van der Waals surface area contributed by atoms with Crippen molar-refractivity contribution in [2.24, 2.45) is 7.05 Å². The van der Waals surface area contributed by atoms with E-state index in [0.29, 0.717) is 17.0 Å². The average molecular weight is 496 g/mol. The summed E-state index contributed by atoms with van der Waals surface area (Å²) in [6, 6.07) is 10.4. The van der Waals surface area contributed by atoms with Gasteiger partial charge < -0.3 is 10.6 Å². The lowest BCUT2D eigenvalue weighted by Crippen LogP contribution is -2.21. The molecule has 11 heteroatoms. The summed E-state index contributed by atoms with van der Waals surface area (Å²) in [5.74, 6) is -0.473. The molecule has 2 N–H and O–H groups in total. The first kappa shape index (κ1) is 24.8. The molecule has 0 fully saturated rings. The molecule has 0 unspecified atom stereocenters. The topological polar surface area (TPSA) is 97.6 Å². The van der Waals surface area contributed by atoms with Crippen molar-refractivity contribution in [1.82, 2.24) is 24.7 Å². The summed E-state index contributed by atoms with van der Waals surface area (Å²) in [4.78, 5) is 25.3. The molecule has 4 aromatic rings. The number of nitrogens with zero attached hydrogens (tertiary/aromatic N) is 5. The smallest absolute Gasteiger partial charge is 0.339 e. The molecule has 0 spiro atoms. The van der Waals surface area contributed by atoms with E-state index in [1.807, 2.05) is 20.8 Å². The van der Waals surface area contributed by atoms with Crippen molar-refractivity contribution in [3.8, 4) is 11.3 Å². The molecule has 0 aliphatic rings. The predicted molar refractivity (Wildman–Crippen MR) is 130 cm³/mol. The summed E-state index contributed by atoms with van der Waals surface area (Å²) in [6.07, 6.45) is -0.522. The third kappa shape index (κ3) is 5.19. The molecule has 8 nitrogen and oxygen atoms in total. The Hall–Kier alpha value is -4.28. The summed E-state index contributed by atoms with van der Waals surface area (Å²) in [6.45, 7) is 5.85. The number of nitrogens with one attached hydrogen (secondary N) is 2. The number of hydrogen-bond donors (Lipinski definition) is 2. The molecule has 0 atom stereocenters. The number of pyridine rings is 1. The molecule has 3 aromatic heterocycles. The second-order valence-corrected chi connectivity index (χ2v) is 9.09. The van der Waals surface area contributed by atoms with E-state index < -0.39 is 23.2 Å². The lowest BCUT2D eigenvalue weighted by Gasteiger charge is -2.19. The number of hydrogen-bond acceptors (Lipinski definition) is 6. The Balaban J connectivity index is 1.73. The van der Waals surface area contributed by atoms with Crippen molar-refractivity contribution in [3.05, 3.63) is 78.0 Å². The highest BCUT2D eigenvalue weighted by atomic mass is 19.4. The van der Waals surface area contributed by atoms with Gasteiger partial charge in [0, 0.05) is 36.5 Å². The Morgan fingerprint density at radius 3 is 2.42 bits per heavy atom. The molecular weight excluding hydrogens is 471 g/mol. The highest BCUT2D eigenvalue weighted by Gasteiger charge is 2.38. The number of rotatable bonds is 5. The van der Waals surface area contributed by atoms with Crippen LogP contribution in [0.15, 0.2) is 61.2 Å². The molecule has 0 radical (unpaired) electrons. The highest BCUT2D eigenvalue weighted by Crippen LogP contribution is 2.40. The standard InChI is InChI=1S/C25H24F3N7O/c1-24(2,3)19-13-20(35(4)34-19)33-23(36)16-7-5-9-18(21(16)25(26,27)28)32-22-15(8-6-11-30-22)17-10-12-29-14-31-17/h5-14H,1-4H3,(H,30,32)(H,33,36). The normalized spacial score (nSPS) is 11.9. The maximum atomic E-state index is 14.3. The van der Waals surface area contributed by atoms with Crippen LogP contribution in [-0.4, -0.2) is 30.6 Å². The molecule has 1 amide bonds. The van der Waals surface area contributed by atoms with Gasteiger partial charge in [-0.05, 0) is 30.3 Å². The van der Waals surface area contributed by atoms with Gasteiger partial charge in [0.2, 0.25) is 0 Å². The third-order valence-electron chi connectivity index (χ3n) is 5.40. The zero-order valence-corrected chi connectivity index (χ0v) is 20.1. The van der Waals surface area contributed by atoms with Crippen LogP contribution in [0, 0.1) is 0 Å². The third-order valence-corrected chi connectivity index (χ3v) is 5.40. The van der Waals surface area contributed by atoms with Gasteiger partial charge in [0.1, 0.15) is 18.0 Å². The number of carbonyl (C=O) groups excluding carboxylic acids is 1. The minimum Gasteiger partial charge on any atom is -0.339 e. The first-order chi connectivity index (χ1) is 16.9. The fourth-order valence-corrected chi connectivity index (χ4v) is 3.57. The molecule has 0 aliphatic heterocycles. The van der Waals surface area contributed by atoms with Crippen LogP contribution in [0.4, 0.5) is 30.5 Å². The molecule has 3 heterocycles. The summed E-state index contributed by atoms with van der Waals surface area (Å²) in [5, 5.41) is 9.67. The second-order valence-electron chi connectivity index (χ2n) is 9.09. The number of anilines is 3. The maximum absolute atomic E-state index is 14.3. The Kier molecular flexibility index (Phi) is 6.49. The largest absolute Gasteiger partial charge is 0.419 e. The van der Waals surface area contributed by atoms with Gasteiger partial charge in [-0.3, -0.25) is 9.48 Å². The monoisotopic (exact) mass is 495 g/mol. The van der Waals surface area contributed by atoms with Crippen molar-refractivity contribution >= 4 is 23.2 Å². The van der Waals surface area contributed by atoms with Gasteiger partial charge in [0.15, 0.2) is 0 Å². The fourth-order valence-electron chi connectivity index (χ4n) is 3.57. The molecular formula is C25H24F3N7O. The van der Waals surface area contributed by atoms with Crippen LogP contribution in [0.3, 0.4) is 0 Å². The Bertz CT molecular complexity index is 1390. The van der Waals surface area contributed by atoms with Crippen LogP contribution in [0.5, 0.6) is 0 Å². The van der Waals surface area contributed by atoms with Crippen molar-refractivity contribution in [3.63, 3.8) is 0 Å². The van der Waals surface area contributed by atoms with Crippen molar-refractivity contribution < 1.29 is 18.0 Å². The van der Waals surface area contributed by atoms with E-state index >= 15 is 0 Å². The van der Waals surface area contributed by atoms with E-state index in [-0.39, 0.29) is 22.7 Å². The van der Waals surface area contributed by atoms with E-state index in [4.69, 9.17) is 0 Å². The first-order valence-electron chi connectivity index (χ1n) is 11.0. The fraction of sp³-hybridized carbons (Fsp3) is 0.240. The van der Waals surface area contributed by atoms with Gasteiger partial charge in [-0.2, -0.15) is 18.3 Å². The molecule has 1 aromatic carbocycles. The minimum absolute atomic E-state index is 0.153. The number of aromatic nitrogens is 5. The second kappa shape index (κ2) is 9.40. The van der Waals surface area contributed by atoms with E-state index in [9.17, 15) is 18.0 Å². The van der Waals surface area contributed by atoms with E-state index in [1.165, 1.54) is 35.5 Å². The number of amides is 1. The number of alkyl halides is 3. The first-order valence-corrected chi connectivity index (χ1v) is 11.0. The maximum Gasteiger partial charge on any atom is 0.419 e. The number of benzene rings is 1. The number of halogens is 3. The molecule has 4 rings (SSSR count). The van der Waals surface area contributed by atoms with Gasteiger partial charge in [-0.15, -0.1) is 0 Å². The van der Waals surface area contributed by atoms with Gasteiger partial charge in [0.05, 0.1) is 28.2 Å². The highest BCUT2D eigenvalue weighted by molar-refractivity contribution is 6.06. The average Bonchev–Trinajstić information content (AvgIpc) is 3.20. The molecule has 0 aliphatic carbocycles. The van der Waals surface area contributed by atoms with Crippen LogP contribution in [0.1, 0.15) is 42.4 Å². The van der Waals surface area contributed by atoms with Crippen LogP contribution < -0.4 is 10.6 Å². The van der Waals surface area contributed by atoms with Gasteiger partial charge in [0.25, 0.3) is 5.91 Å². The summed E-state index contributed by atoms with van der Waals surface area (Å²) >= 11 is 0. The summed E-state index contributed by atoms with van der Waals surface area (Å²) in [5.41, 5.74) is -0.609. The zero-order valence-electron chi connectivity index (χ0n) is 20.1. The van der Waals surface area contributed by atoms with Crippen LogP contribution in [0.2, 0.25) is 0 Å². The molecule has 0 saturated carbocycles. The van der Waals surface area contributed by atoms with Crippen molar-refractivity contribution in [1.29, 1.82) is 0 Å². The van der Waals surface area contributed by atoms with Gasteiger partial charge in [-0.25, -0.2) is 15.0 Å². The summed E-state index contributed by atoms with van der Waals surface area (Å²) < 4.78 is 44.3. The number of aryl methyl sites for hydroxylation is 1. The van der Waals surface area contributed by atoms with Gasteiger partial charge in [-0.1, -0.05) is 26.8 Å². The predicted octanol–water partition coefficient (Wildman–Crippen LogP) is 5.58. The lowest BCUT2D eigenvalue weighted by molar-refractivity contribution is -0.137. The van der Waals surface area contributed by atoms with Gasteiger partial charge >= 0.3 is 6.18 Å².